The largest absolute Gasteiger partial charge is 0.339 e. The number of hydrogen-bond donors (Lipinski definition) is 0. The molecule has 3 heterocycles. The van der Waals surface area contributed by atoms with Gasteiger partial charge in [-0.2, -0.15) is 0 Å². The van der Waals surface area contributed by atoms with Crippen LogP contribution in [0.2, 0.25) is 0 Å². The average molecular weight is 413 g/mol. The van der Waals surface area contributed by atoms with Gasteiger partial charge in [0.05, 0.1) is 10.6 Å². The molecule has 7 heteroatoms. The minimum Gasteiger partial charge on any atom is -0.339 e. The van der Waals surface area contributed by atoms with E-state index in [1.165, 1.54) is 0 Å². The lowest BCUT2D eigenvalue weighted by Gasteiger charge is -2.35. The van der Waals surface area contributed by atoms with Gasteiger partial charge in [-0.15, -0.1) is 11.3 Å². The molecule has 2 aromatic heterocycles. The Hall–Kier alpha value is -1.96. The third kappa shape index (κ3) is 3.92. The summed E-state index contributed by atoms with van der Waals surface area (Å²) < 4.78 is 0. The van der Waals surface area contributed by atoms with Gasteiger partial charge in [0, 0.05) is 37.1 Å². The summed E-state index contributed by atoms with van der Waals surface area (Å²) in [6.07, 6.45) is 1.60. The van der Waals surface area contributed by atoms with Crippen LogP contribution in [0.15, 0.2) is 47.1 Å². The number of amides is 1. The Morgan fingerprint density at radius 2 is 1.93 bits per heavy atom. The average Bonchev–Trinajstić information content (AvgIpc) is 3.19. The van der Waals surface area contributed by atoms with Crippen molar-refractivity contribution in [3.63, 3.8) is 0 Å². The Balaban J connectivity index is 1.56. The van der Waals surface area contributed by atoms with E-state index in [1.807, 2.05) is 30.0 Å². The van der Waals surface area contributed by atoms with Gasteiger partial charge in [-0.3, -0.25) is 4.79 Å². The van der Waals surface area contributed by atoms with Crippen LogP contribution in [-0.4, -0.2) is 63.6 Å². The van der Waals surface area contributed by atoms with Gasteiger partial charge < -0.3 is 9.80 Å². The number of benzene rings is 1. The molecule has 1 saturated heterocycles. The lowest BCUT2D eigenvalue weighted by Crippen LogP contribution is -2.50. The number of carbonyl (C=O) groups excluding carboxylic acids is 1. The van der Waals surface area contributed by atoms with Gasteiger partial charge in [0.15, 0.2) is 0 Å². The number of piperazine rings is 1. The molecular formula is C21H24N4OS2. The van der Waals surface area contributed by atoms with Crippen molar-refractivity contribution in [1.82, 2.24) is 19.8 Å². The minimum absolute atomic E-state index is 0.171. The molecule has 28 heavy (non-hydrogen) atoms. The third-order valence-electron chi connectivity index (χ3n) is 5.19. The Labute approximate surface area is 173 Å². The number of nitrogens with zero attached hydrogens (tertiary/aromatic N) is 4. The molecule has 0 aliphatic carbocycles. The lowest BCUT2D eigenvalue weighted by atomic mass is 10.1. The highest BCUT2D eigenvalue weighted by atomic mass is 32.2. The molecule has 0 saturated carbocycles. The van der Waals surface area contributed by atoms with E-state index in [9.17, 15) is 4.79 Å². The number of rotatable bonds is 5. The fraction of sp³-hybridized carbons (Fsp3) is 0.381. The van der Waals surface area contributed by atoms with Crippen molar-refractivity contribution in [2.45, 2.75) is 24.1 Å². The summed E-state index contributed by atoms with van der Waals surface area (Å²) in [5.41, 5.74) is 2.29. The first-order chi connectivity index (χ1) is 13.7. The molecule has 0 N–H and O–H groups in total. The van der Waals surface area contributed by atoms with Crippen LogP contribution in [0.4, 0.5) is 0 Å². The SMILES string of the molecule is CCN1CCN(C(=O)C(C)Sc2ncnc3scc(-c4ccccc4)c23)CC1. The molecule has 5 nitrogen and oxygen atoms in total. The summed E-state index contributed by atoms with van der Waals surface area (Å²) >= 11 is 3.17. The number of hydrogen-bond acceptors (Lipinski definition) is 6. The normalized spacial score (nSPS) is 16.4. The zero-order valence-electron chi connectivity index (χ0n) is 16.2. The van der Waals surface area contributed by atoms with E-state index >= 15 is 0 Å². The van der Waals surface area contributed by atoms with Crippen LogP contribution in [0.1, 0.15) is 13.8 Å². The van der Waals surface area contributed by atoms with Crippen molar-refractivity contribution in [2.75, 3.05) is 32.7 Å². The number of carbonyl (C=O) groups is 1. The van der Waals surface area contributed by atoms with Crippen LogP contribution in [0.5, 0.6) is 0 Å². The molecule has 4 rings (SSSR count). The summed E-state index contributed by atoms with van der Waals surface area (Å²) in [6.45, 7) is 8.74. The van der Waals surface area contributed by atoms with E-state index < -0.39 is 0 Å². The standard InChI is InChI=1S/C21H24N4OS2/c1-3-24-9-11-25(12-10-24)21(26)15(2)28-20-18-17(16-7-5-4-6-8-16)13-27-19(18)22-14-23-20/h4-8,13-15H,3,9-12H2,1-2H3. The molecule has 1 aliphatic rings. The summed E-state index contributed by atoms with van der Waals surface area (Å²) in [5.74, 6) is 0.198. The molecule has 3 aromatic rings. The smallest absolute Gasteiger partial charge is 0.235 e. The van der Waals surface area contributed by atoms with Crippen molar-refractivity contribution >= 4 is 39.2 Å². The molecule has 0 bridgehead atoms. The zero-order chi connectivity index (χ0) is 19.5. The van der Waals surface area contributed by atoms with E-state index in [4.69, 9.17) is 0 Å². The highest BCUT2D eigenvalue weighted by Gasteiger charge is 2.26. The van der Waals surface area contributed by atoms with Gasteiger partial charge in [0.2, 0.25) is 5.91 Å². The van der Waals surface area contributed by atoms with Gasteiger partial charge in [0.1, 0.15) is 16.2 Å². The highest BCUT2D eigenvalue weighted by Crippen LogP contribution is 2.39. The van der Waals surface area contributed by atoms with Crippen LogP contribution < -0.4 is 0 Å². The van der Waals surface area contributed by atoms with Crippen molar-refractivity contribution in [1.29, 1.82) is 0 Å². The van der Waals surface area contributed by atoms with E-state index in [-0.39, 0.29) is 11.2 Å². The molecular weight excluding hydrogens is 388 g/mol. The summed E-state index contributed by atoms with van der Waals surface area (Å²) in [4.78, 5) is 27.3. The third-order valence-corrected chi connectivity index (χ3v) is 7.16. The quantitative estimate of drug-likeness (QED) is 0.468. The first kappa shape index (κ1) is 19.4. The molecule has 0 radical (unpaired) electrons. The molecule has 146 valence electrons. The van der Waals surface area contributed by atoms with Gasteiger partial charge in [-0.05, 0) is 19.0 Å². The second-order valence-electron chi connectivity index (χ2n) is 6.89. The first-order valence-corrected chi connectivity index (χ1v) is 11.4. The zero-order valence-corrected chi connectivity index (χ0v) is 17.8. The monoisotopic (exact) mass is 412 g/mol. The number of thiophene rings is 1. The van der Waals surface area contributed by atoms with Crippen LogP contribution in [0.3, 0.4) is 0 Å². The molecule has 1 atom stereocenters. The van der Waals surface area contributed by atoms with Gasteiger partial charge in [0.25, 0.3) is 0 Å². The molecule has 1 aromatic carbocycles. The number of aromatic nitrogens is 2. The van der Waals surface area contributed by atoms with Crippen molar-refractivity contribution in [3.05, 3.63) is 42.0 Å². The van der Waals surface area contributed by atoms with Crippen LogP contribution in [-0.2, 0) is 4.79 Å². The summed E-state index contributed by atoms with van der Waals surface area (Å²) in [5, 5.41) is 3.90. The van der Waals surface area contributed by atoms with Gasteiger partial charge in [-0.1, -0.05) is 49.0 Å². The Bertz CT molecular complexity index is 951. The molecule has 1 amide bonds. The molecule has 1 unspecified atom stereocenters. The van der Waals surface area contributed by atoms with Gasteiger partial charge in [-0.25, -0.2) is 9.97 Å². The molecule has 1 fully saturated rings. The van der Waals surface area contributed by atoms with E-state index in [1.54, 1.807) is 29.4 Å². The Morgan fingerprint density at radius 3 is 2.64 bits per heavy atom. The first-order valence-electron chi connectivity index (χ1n) is 9.62. The van der Waals surface area contributed by atoms with Crippen LogP contribution in [0.25, 0.3) is 21.3 Å². The van der Waals surface area contributed by atoms with E-state index in [2.05, 4.69) is 39.3 Å². The van der Waals surface area contributed by atoms with Gasteiger partial charge >= 0.3 is 0 Å². The maximum atomic E-state index is 13.0. The van der Waals surface area contributed by atoms with E-state index in [0.29, 0.717) is 0 Å². The highest BCUT2D eigenvalue weighted by molar-refractivity contribution is 8.00. The second-order valence-corrected chi connectivity index (χ2v) is 9.08. The fourth-order valence-corrected chi connectivity index (χ4v) is 5.52. The van der Waals surface area contributed by atoms with Crippen LogP contribution in [0, 0.1) is 0 Å². The number of likely N-dealkylation sites (N-methyl/N-ethyl adjacent to an activating group) is 1. The number of thioether (sulfide) groups is 1. The predicted molar refractivity (Wildman–Crippen MR) is 117 cm³/mol. The molecule has 1 aliphatic heterocycles. The van der Waals surface area contributed by atoms with Crippen molar-refractivity contribution in [2.24, 2.45) is 0 Å². The van der Waals surface area contributed by atoms with Crippen LogP contribution >= 0.6 is 23.1 Å². The second kappa shape index (κ2) is 8.59. The van der Waals surface area contributed by atoms with Crippen molar-refractivity contribution < 1.29 is 4.79 Å². The maximum Gasteiger partial charge on any atom is 0.235 e. The summed E-state index contributed by atoms with van der Waals surface area (Å²) in [6, 6.07) is 10.3. The fourth-order valence-electron chi connectivity index (χ4n) is 3.53. The van der Waals surface area contributed by atoms with E-state index in [0.717, 1.165) is 59.1 Å². The minimum atomic E-state index is -0.171. The summed E-state index contributed by atoms with van der Waals surface area (Å²) in [7, 11) is 0. The van der Waals surface area contributed by atoms with Crippen molar-refractivity contribution in [3.8, 4) is 11.1 Å². The maximum absolute atomic E-state index is 13.0. The predicted octanol–water partition coefficient (Wildman–Crippen LogP) is 4.00. The molecule has 0 spiro atoms. The topological polar surface area (TPSA) is 49.3 Å². The Kier molecular flexibility index (Phi) is 5.94. The Morgan fingerprint density at radius 1 is 1.18 bits per heavy atom. The lowest BCUT2D eigenvalue weighted by molar-refractivity contribution is -0.132. The number of fused-ring (bicyclic) bond motifs is 1.